The zero-order chi connectivity index (χ0) is 17.1. The second-order valence-electron chi connectivity index (χ2n) is 4.80. The zero-order valence-corrected chi connectivity index (χ0v) is 11.7. The number of anilines is 1. The van der Waals surface area contributed by atoms with Crippen molar-refractivity contribution in [2.45, 2.75) is 18.8 Å². The molecule has 2 nitrogen and oxygen atoms in total. The lowest BCUT2D eigenvalue weighted by Gasteiger charge is -2.10. The van der Waals surface area contributed by atoms with Gasteiger partial charge in [0.15, 0.2) is 0 Å². The summed E-state index contributed by atoms with van der Waals surface area (Å²) in [5, 5.41) is 2.86. The normalized spacial score (nSPS) is 12.3. The van der Waals surface area contributed by atoms with Crippen LogP contribution in [0, 0.1) is 0 Å². The highest BCUT2D eigenvalue weighted by molar-refractivity contribution is 5.41. The highest BCUT2D eigenvalue weighted by Crippen LogP contribution is 2.29. The lowest BCUT2D eigenvalue weighted by Crippen LogP contribution is -2.09. The van der Waals surface area contributed by atoms with Gasteiger partial charge in [0.1, 0.15) is 5.69 Å². The largest absolute Gasteiger partial charge is 0.433 e. The standard InChI is InChI=1S/C15H12F6N2/c16-14(17,18)11-3-1-10(2-4-11)7-8-22-12-5-6-13(23-9-12)15(19,20)21/h1-6,9,22H,7-8H2. The molecule has 0 saturated carbocycles. The van der Waals surface area contributed by atoms with Crippen LogP contribution in [0.4, 0.5) is 32.0 Å². The number of benzene rings is 1. The Kier molecular flexibility index (Phi) is 4.82. The summed E-state index contributed by atoms with van der Waals surface area (Å²) in [6, 6.07) is 6.85. The van der Waals surface area contributed by atoms with Crippen molar-refractivity contribution >= 4 is 5.69 Å². The van der Waals surface area contributed by atoms with Gasteiger partial charge in [-0.15, -0.1) is 0 Å². The summed E-state index contributed by atoms with van der Waals surface area (Å²) in [4.78, 5) is 3.30. The first-order chi connectivity index (χ1) is 10.7. The molecule has 2 aromatic rings. The number of alkyl halides is 6. The van der Waals surface area contributed by atoms with Crippen molar-refractivity contribution in [3.05, 3.63) is 59.4 Å². The molecule has 124 valence electrons. The van der Waals surface area contributed by atoms with E-state index in [9.17, 15) is 26.3 Å². The molecule has 8 heteroatoms. The van der Waals surface area contributed by atoms with Crippen molar-refractivity contribution in [2.75, 3.05) is 11.9 Å². The Morgan fingerprint density at radius 1 is 0.826 bits per heavy atom. The van der Waals surface area contributed by atoms with E-state index in [1.165, 1.54) is 18.2 Å². The van der Waals surface area contributed by atoms with Crippen LogP contribution in [0.2, 0.25) is 0 Å². The molecule has 0 aliphatic rings. The second-order valence-corrected chi connectivity index (χ2v) is 4.80. The van der Waals surface area contributed by atoms with E-state index < -0.39 is 23.6 Å². The van der Waals surface area contributed by atoms with Crippen molar-refractivity contribution in [1.29, 1.82) is 0 Å². The highest BCUT2D eigenvalue weighted by atomic mass is 19.4. The van der Waals surface area contributed by atoms with Crippen molar-refractivity contribution in [2.24, 2.45) is 0 Å². The monoisotopic (exact) mass is 334 g/mol. The van der Waals surface area contributed by atoms with Gasteiger partial charge < -0.3 is 5.32 Å². The summed E-state index contributed by atoms with van der Waals surface area (Å²) < 4.78 is 74.3. The Balaban J connectivity index is 1.87. The number of halogens is 6. The minimum Gasteiger partial charge on any atom is -0.383 e. The summed E-state index contributed by atoms with van der Waals surface area (Å²) in [5.41, 5.74) is -0.609. The molecule has 1 heterocycles. The minimum atomic E-state index is -4.49. The minimum absolute atomic E-state index is 0.360. The number of aromatic nitrogens is 1. The Hall–Kier alpha value is -2.25. The quantitative estimate of drug-likeness (QED) is 0.815. The summed E-state index contributed by atoms with van der Waals surface area (Å²) in [5.74, 6) is 0. The van der Waals surface area contributed by atoms with Gasteiger partial charge in [-0.05, 0) is 36.2 Å². The summed E-state index contributed by atoms with van der Waals surface area (Å²) in [6.07, 6.45) is -7.36. The predicted molar refractivity (Wildman–Crippen MR) is 72.9 cm³/mol. The van der Waals surface area contributed by atoms with E-state index in [0.29, 0.717) is 24.2 Å². The third-order valence-corrected chi connectivity index (χ3v) is 3.08. The van der Waals surface area contributed by atoms with E-state index in [-0.39, 0.29) is 0 Å². The van der Waals surface area contributed by atoms with Gasteiger partial charge >= 0.3 is 12.4 Å². The molecule has 2 rings (SSSR count). The molecule has 1 aromatic carbocycles. The van der Waals surface area contributed by atoms with E-state index in [0.717, 1.165) is 24.4 Å². The molecule has 0 fully saturated rings. The number of hydrogen-bond acceptors (Lipinski definition) is 2. The van der Waals surface area contributed by atoms with Crippen LogP contribution in [-0.2, 0) is 18.8 Å². The molecule has 23 heavy (non-hydrogen) atoms. The third-order valence-electron chi connectivity index (χ3n) is 3.08. The van der Waals surface area contributed by atoms with Crippen LogP contribution in [0.25, 0.3) is 0 Å². The van der Waals surface area contributed by atoms with Crippen LogP contribution in [0.3, 0.4) is 0 Å². The summed E-state index contributed by atoms with van der Waals surface area (Å²) >= 11 is 0. The maximum absolute atomic E-state index is 12.4. The molecule has 1 N–H and O–H groups in total. The highest BCUT2D eigenvalue weighted by Gasteiger charge is 2.32. The number of nitrogens with zero attached hydrogens (tertiary/aromatic N) is 1. The van der Waals surface area contributed by atoms with E-state index in [1.807, 2.05) is 0 Å². The second kappa shape index (κ2) is 6.47. The van der Waals surface area contributed by atoms with E-state index in [2.05, 4.69) is 10.3 Å². The van der Waals surface area contributed by atoms with Crippen molar-refractivity contribution in [3.63, 3.8) is 0 Å². The van der Waals surface area contributed by atoms with Crippen LogP contribution in [0.1, 0.15) is 16.8 Å². The Morgan fingerprint density at radius 2 is 1.48 bits per heavy atom. The fraction of sp³-hybridized carbons (Fsp3) is 0.267. The maximum atomic E-state index is 12.4. The Morgan fingerprint density at radius 3 is 1.96 bits per heavy atom. The lowest BCUT2D eigenvalue weighted by atomic mass is 10.1. The van der Waals surface area contributed by atoms with Crippen LogP contribution < -0.4 is 5.32 Å². The Bertz CT molecular complexity index is 572. The van der Waals surface area contributed by atoms with Gasteiger partial charge in [0.05, 0.1) is 17.4 Å². The third kappa shape index (κ3) is 4.87. The van der Waals surface area contributed by atoms with Crippen LogP contribution in [0.5, 0.6) is 0 Å². The van der Waals surface area contributed by atoms with Gasteiger partial charge in [-0.25, -0.2) is 4.98 Å². The number of nitrogens with one attached hydrogen (secondary N) is 1. The molecule has 0 aliphatic carbocycles. The molecule has 0 amide bonds. The summed E-state index contributed by atoms with van der Waals surface area (Å²) in [7, 11) is 0. The van der Waals surface area contributed by atoms with Crippen LogP contribution in [0.15, 0.2) is 42.6 Å². The van der Waals surface area contributed by atoms with E-state index >= 15 is 0 Å². The van der Waals surface area contributed by atoms with Crippen molar-refractivity contribution in [3.8, 4) is 0 Å². The zero-order valence-electron chi connectivity index (χ0n) is 11.7. The van der Waals surface area contributed by atoms with Gasteiger partial charge in [-0.3, -0.25) is 0 Å². The van der Waals surface area contributed by atoms with Gasteiger partial charge in [0, 0.05) is 6.54 Å². The molecular formula is C15H12F6N2. The molecule has 0 aliphatic heterocycles. The Labute approximate surface area is 128 Å². The number of pyridine rings is 1. The molecule has 1 aromatic heterocycles. The SMILES string of the molecule is FC(F)(F)c1ccc(CCNc2ccc(C(F)(F)F)nc2)cc1. The average molecular weight is 334 g/mol. The molecule has 0 radical (unpaired) electrons. The van der Waals surface area contributed by atoms with Gasteiger partial charge in [0.25, 0.3) is 0 Å². The van der Waals surface area contributed by atoms with Gasteiger partial charge in [-0.2, -0.15) is 26.3 Å². The number of rotatable bonds is 4. The first-order valence-electron chi connectivity index (χ1n) is 6.59. The van der Waals surface area contributed by atoms with Crippen molar-refractivity contribution < 1.29 is 26.3 Å². The first-order valence-corrected chi connectivity index (χ1v) is 6.59. The molecule has 0 saturated heterocycles. The fourth-order valence-electron chi connectivity index (χ4n) is 1.88. The van der Waals surface area contributed by atoms with Gasteiger partial charge in [0.2, 0.25) is 0 Å². The average Bonchev–Trinajstić information content (AvgIpc) is 2.46. The van der Waals surface area contributed by atoms with Gasteiger partial charge in [-0.1, -0.05) is 12.1 Å². The van der Waals surface area contributed by atoms with Crippen LogP contribution in [-0.4, -0.2) is 11.5 Å². The molecule has 0 bridgehead atoms. The molecular weight excluding hydrogens is 322 g/mol. The fourth-order valence-corrected chi connectivity index (χ4v) is 1.88. The van der Waals surface area contributed by atoms with Crippen molar-refractivity contribution in [1.82, 2.24) is 4.98 Å². The summed E-state index contributed by atoms with van der Waals surface area (Å²) in [6.45, 7) is 0.360. The topological polar surface area (TPSA) is 24.9 Å². The number of hydrogen-bond donors (Lipinski definition) is 1. The molecule has 0 atom stereocenters. The van der Waals surface area contributed by atoms with Crippen LogP contribution >= 0.6 is 0 Å². The lowest BCUT2D eigenvalue weighted by molar-refractivity contribution is -0.141. The van der Waals surface area contributed by atoms with E-state index in [4.69, 9.17) is 0 Å². The maximum Gasteiger partial charge on any atom is 0.433 e. The predicted octanol–water partition coefficient (Wildman–Crippen LogP) is 4.77. The molecule has 0 unspecified atom stereocenters. The smallest absolute Gasteiger partial charge is 0.383 e. The first kappa shape index (κ1) is 17.1. The molecule has 0 spiro atoms. The van der Waals surface area contributed by atoms with E-state index in [1.54, 1.807) is 0 Å².